The van der Waals surface area contributed by atoms with Gasteiger partial charge in [-0.2, -0.15) is 0 Å². The summed E-state index contributed by atoms with van der Waals surface area (Å²) in [7, 11) is -1.74. The third-order valence-electron chi connectivity index (χ3n) is 9.43. The molecule has 6 rings (SSSR count). The molecule has 10 nitrogen and oxygen atoms in total. The zero-order chi connectivity index (χ0) is 31.2. The summed E-state index contributed by atoms with van der Waals surface area (Å²) in [5.74, 6) is 0.0991. The Kier molecular flexibility index (Phi) is 8.10. The number of aliphatic hydroxyl groups excluding tert-OH is 1. The molecule has 1 spiro atoms. The van der Waals surface area contributed by atoms with Gasteiger partial charge in [0.1, 0.15) is 5.75 Å². The number of carbonyl (C=O) groups excluding carboxylic acids is 2. The van der Waals surface area contributed by atoms with Crippen LogP contribution in [0.25, 0.3) is 0 Å². The number of anilines is 2. The van der Waals surface area contributed by atoms with E-state index in [4.69, 9.17) is 9.47 Å². The molecule has 0 unspecified atom stereocenters. The van der Waals surface area contributed by atoms with E-state index in [0.717, 1.165) is 23.4 Å². The molecule has 234 valence electrons. The molecule has 3 aliphatic heterocycles. The van der Waals surface area contributed by atoms with Crippen molar-refractivity contribution in [1.82, 2.24) is 15.0 Å². The number of ether oxygens (including phenoxy) is 2. The van der Waals surface area contributed by atoms with Crippen LogP contribution in [0.4, 0.5) is 15.5 Å². The Morgan fingerprint density at radius 2 is 1.95 bits per heavy atom. The Morgan fingerprint density at radius 3 is 2.61 bits per heavy atom. The first-order valence-electron chi connectivity index (χ1n) is 15.3. The number of aromatic nitrogens is 3. The molecule has 3 aromatic rings. The molecular formula is C32H40FN5O5Si. The van der Waals surface area contributed by atoms with Crippen LogP contribution in [-0.4, -0.2) is 66.7 Å². The van der Waals surface area contributed by atoms with Crippen molar-refractivity contribution in [2.24, 2.45) is 5.92 Å². The lowest BCUT2D eigenvalue weighted by atomic mass is 9.82. The first kappa shape index (κ1) is 30.4. The topological polar surface area (TPSA) is 110 Å². The van der Waals surface area contributed by atoms with Crippen molar-refractivity contribution in [3.63, 3.8) is 0 Å². The molecule has 2 amide bonds. The fourth-order valence-electron chi connectivity index (χ4n) is 7.40. The molecule has 2 fully saturated rings. The number of nitrogens with zero attached hydrogens (tertiary/aromatic N) is 5. The van der Waals surface area contributed by atoms with Crippen molar-refractivity contribution in [2.45, 2.75) is 76.0 Å². The van der Waals surface area contributed by atoms with Crippen molar-refractivity contribution in [2.75, 3.05) is 30.1 Å². The average molecular weight is 622 g/mol. The highest BCUT2D eigenvalue weighted by atomic mass is 28.4. The molecule has 0 saturated carbocycles. The molecule has 0 radical (unpaired) electrons. The number of hydrogen-bond donors (Lipinski definition) is 1. The average Bonchev–Trinajstić information content (AvgIpc) is 3.75. The van der Waals surface area contributed by atoms with E-state index < -0.39 is 31.6 Å². The van der Waals surface area contributed by atoms with Gasteiger partial charge in [-0.05, 0) is 61.8 Å². The van der Waals surface area contributed by atoms with Crippen LogP contribution in [0.5, 0.6) is 5.75 Å². The summed E-state index contributed by atoms with van der Waals surface area (Å²) in [6.45, 7) is 6.78. The van der Waals surface area contributed by atoms with Gasteiger partial charge in [0, 0.05) is 61.4 Å². The summed E-state index contributed by atoms with van der Waals surface area (Å²) in [6.07, 6.45) is 3.56. The largest absolute Gasteiger partial charge is 0.497 e. The second-order valence-electron chi connectivity index (χ2n) is 12.6. The minimum Gasteiger partial charge on any atom is -0.497 e. The highest BCUT2D eigenvalue weighted by Crippen LogP contribution is 2.60. The van der Waals surface area contributed by atoms with E-state index in [-0.39, 0.29) is 18.4 Å². The maximum Gasteiger partial charge on any atom is 0.264 e. The number of aliphatic hydroxyl groups is 1. The van der Waals surface area contributed by atoms with E-state index in [1.54, 1.807) is 40.9 Å². The first-order valence-corrected chi connectivity index (χ1v) is 18.3. The zero-order valence-electron chi connectivity index (χ0n) is 25.7. The van der Waals surface area contributed by atoms with Gasteiger partial charge in [0.25, 0.3) is 5.91 Å². The van der Waals surface area contributed by atoms with E-state index >= 15 is 4.11 Å². The third-order valence-corrected chi connectivity index (χ3v) is 11.9. The summed E-state index contributed by atoms with van der Waals surface area (Å²) >= 11 is 0. The quantitative estimate of drug-likeness (QED) is 0.265. The van der Waals surface area contributed by atoms with Gasteiger partial charge in [-0.3, -0.25) is 14.3 Å². The van der Waals surface area contributed by atoms with Crippen LogP contribution in [0.3, 0.4) is 0 Å². The number of methoxy groups -OCH3 is 1. The Bertz CT molecular complexity index is 1540. The molecule has 3 aliphatic rings. The third kappa shape index (κ3) is 5.22. The second-order valence-corrected chi connectivity index (χ2v) is 16.4. The predicted molar refractivity (Wildman–Crippen MR) is 166 cm³/mol. The normalized spacial score (nSPS) is 25.0. The van der Waals surface area contributed by atoms with Crippen molar-refractivity contribution in [1.29, 1.82) is 0 Å². The molecule has 2 aromatic carbocycles. The smallest absolute Gasteiger partial charge is 0.264 e. The fourth-order valence-corrected chi connectivity index (χ4v) is 9.94. The summed E-state index contributed by atoms with van der Waals surface area (Å²) in [4.78, 5) is 30.4. The lowest BCUT2D eigenvalue weighted by Gasteiger charge is -2.31. The van der Waals surface area contributed by atoms with Crippen molar-refractivity contribution in [3.05, 3.63) is 65.5 Å². The molecule has 0 aliphatic carbocycles. The lowest BCUT2D eigenvalue weighted by Crippen LogP contribution is -2.45. The highest BCUT2D eigenvalue weighted by molar-refractivity contribution is 6.72. The number of benzene rings is 2. The highest BCUT2D eigenvalue weighted by Gasteiger charge is 2.66. The molecule has 44 heavy (non-hydrogen) atoms. The number of fused-ring (bicyclic) bond motifs is 2. The van der Waals surface area contributed by atoms with Gasteiger partial charge in [0.15, 0.2) is 5.60 Å². The standard InChI is InChI=1S/C32H40FN5O5Si/c1-21-30(44(3,4)33)28(13-16-36-20-23(14-17-39)34-35-36)43-32(21)26-18-25(42-2)11-12-27(26)38(31(32)41)19-22-7-9-24(10-8-22)37-15-5-6-29(37)40/h7-12,18,20-21,28,30,39H,5-6,13-17,19H2,1-4H3/t21-,28+,30-,32+/m1/s1. The van der Waals surface area contributed by atoms with Crippen molar-refractivity contribution < 1.29 is 28.3 Å². The van der Waals surface area contributed by atoms with Crippen LogP contribution in [0.2, 0.25) is 18.6 Å². The monoisotopic (exact) mass is 621 g/mol. The van der Waals surface area contributed by atoms with Gasteiger partial charge in [-0.1, -0.05) is 24.3 Å². The second kappa shape index (κ2) is 11.7. The van der Waals surface area contributed by atoms with Crippen LogP contribution in [0.1, 0.15) is 43.0 Å². The van der Waals surface area contributed by atoms with Gasteiger partial charge in [-0.25, -0.2) is 0 Å². The summed E-state index contributed by atoms with van der Waals surface area (Å²) in [5, 5.41) is 17.5. The van der Waals surface area contributed by atoms with Crippen LogP contribution in [0.15, 0.2) is 48.7 Å². The van der Waals surface area contributed by atoms with Crippen molar-refractivity contribution in [3.8, 4) is 5.75 Å². The van der Waals surface area contributed by atoms with Crippen molar-refractivity contribution >= 4 is 31.6 Å². The van der Waals surface area contributed by atoms with E-state index in [1.165, 1.54) is 0 Å². The van der Waals surface area contributed by atoms with Gasteiger partial charge in [0.2, 0.25) is 14.3 Å². The SMILES string of the molecule is COc1ccc2c(c1)[C@]1(O[C@@H](CCn3cc(CCO)nn3)[C@H]([Si](C)(C)F)[C@H]1C)C(=O)N2Cc1ccc(N2CCCC2=O)cc1. The van der Waals surface area contributed by atoms with E-state index in [1.807, 2.05) is 49.4 Å². The summed E-state index contributed by atoms with van der Waals surface area (Å²) in [6, 6.07) is 13.3. The fraction of sp³-hybridized carbons (Fsp3) is 0.500. The molecule has 2 saturated heterocycles. The maximum atomic E-state index is 16.2. The lowest BCUT2D eigenvalue weighted by molar-refractivity contribution is -0.146. The summed E-state index contributed by atoms with van der Waals surface area (Å²) < 4.78 is 30.3. The van der Waals surface area contributed by atoms with Gasteiger partial charge < -0.3 is 28.5 Å². The van der Waals surface area contributed by atoms with Crippen LogP contribution >= 0.6 is 0 Å². The molecule has 0 bridgehead atoms. The minimum absolute atomic E-state index is 0.0159. The van der Waals surface area contributed by atoms with Crippen LogP contribution in [0, 0.1) is 5.92 Å². The van der Waals surface area contributed by atoms with E-state index in [0.29, 0.717) is 55.9 Å². The van der Waals surface area contributed by atoms with Crippen LogP contribution in [-0.2, 0) is 39.4 Å². The number of carbonyl (C=O) groups is 2. The van der Waals surface area contributed by atoms with Gasteiger partial charge in [-0.15, -0.1) is 5.10 Å². The number of halogens is 1. The number of amides is 2. The van der Waals surface area contributed by atoms with Gasteiger partial charge in [0.05, 0.1) is 31.1 Å². The van der Waals surface area contributed by atoms with Gasteiger partial charge >= 0.3 is 0 Å². The molecule has 1 N–H and O–H groups in total. The van der Waals surface area contributed by atoms with Crippen LogP contribution < -0.4 is 14.5 Å². The molecule has 4 heterocycles. The minimum atomic E-state index is -3.32. The summed E-state index contributed by atoms with van der Waals surface area (Å²) in [5.41, 5.74) is 2.08. The molecular weight excluding hydrogens is 581 g/mol. The Labute approximate surface area is 257 Å². The molecule has 1 aromatic heterocycles. The van der Waals surface area contributed by atoms with E-state index in [9.17, 15) is 14.7 Å². The number of aryl methyl sites for hydroxylation is 1. The molecule has 12 heteroatoms. The van der Waals surface area contributed by atoms with E-state index in [2.05, 4.69) is 10.3 Å². The molecule has 4 atom stereocenters. The maximum absolute atomic E-state index is 16.2. The Balaban J connectivity index is 1.32. The zero-order valence-corrected chi connectivity index (χ0v) is 26.7. The predicted octanol–water partition coefficient (Wildman–Crippen LogP) is 4.36. The first-order chi connectivity index (χ1) is 21.1. The Hall–Kier alpha value is -3.61. The Morgan fingerprint density at radius 1 is 1.18 bits per heavy atom. The number of rotatable bonds is 10. The number of hydrogen-bond acceptors (Lipinski definition) is 7.